The van der Waals surface area contributed by atoms with Crippen molar-refractivity contribution in [3.8, 4) is 0 Å². The molecule has 0 radical (unpaired) electrons. The minimum atomic E-state index is -0.323. The maximum absolute atomic E-state index is 13.8. The highest BCUT2D eigenvalue weighted by Crippen LogP contribution is 2.48. The molecule has 0 atom stereocenters. The molecule has 0 aromatic carbocycles. The third kappa shape index (κ3) is 3.52. The molecule has 5 nitrogen and oxygen atoms in total. The van der Waals surface area contributed by atoms with Gasteiger partial charge in [-0.25, -0.2) is 14.4 Å². The Labute approximate surface area is 136 Å². The van der Waals surface area contributed by atoms with Gasteiger partial charge in [-0.15, -0.1) is 0 Å². The number of halogens is 1. The van der Waals surface area contributed by atoms with E-state index < -0.39 is 0 Å². The average Bonchev–Trinajstić information content (AvgIpc) is 2.73. The zero-order valence-corrected chi connectivity index (χ0v) is 13.8. The van der Waals surface area contributed by atoms with Crippen molar-refractivity contribution in [1.29, 1.82) is 0 Å². The maximum atomic E-state index is 13.8. The number of carbonyl (C=O) groups is 1. The van der Waals surface area contributed by atoms with Gasteiger partial charge in [0.1, 0.15) is 5.82 Å². The smallest absolute Gasteiger partial charge is 0.222 e. The number of hydrogen-bond donors (Lipinski definition) is 0. The molecule has 1 saturated heterocycles. The molecular weight excluding hydrogens is 297 g/mol. The van der Waals surface area contributed by atoms with E-state index in [1.165, 1.54) is 6.20 Å². The lowest BCUT2D eigenvalue weighted by Crippen LogP contribution is -2.49. The van der Waals surface area contributed by atoms with Gasteiger partial charge in [-0.05, 0) is 32.1 Å². The van der Waals surface area contributed by atoms with Crippen molar-refractivity contribution in [2.75, 3.05) is 26.3 Å². The van der Waals surface area contributed by atoms with Crippen LogP contribution in [-0.2, 0) is 16.0 Å². The van der Waals surface area contributed by atoms with Gasteiger partial charge in [0.15, 0.2) is 5.82 Å². The summed E-state index contributed by atoms with van der Waals surface area (Å²) in [6, 6.07) is 0. The summed E-state index contributed by atoms with van der Waals surface area (Å²) in [6.45, 7) is 6.42. The van der Waals surface area contributed by atoms with Crippen LogP contribution in [0.2, 0.25) is 0 Å². The third-order valence-corrected chi connectivity index (χ3v) is 4.96. The predicted octanol–water partition coefficient (Wildman–Crippen LogP) is 2.13. The lowest BCUT2D eigenvalue weighted by molar-refractivity contribution is -0.133. The first-order valence-corrected chi connectivity index (χ1v) is 8.35. The van der Waals surface area contributed by atoms with Gasteiger partial charge in [0.05, 0.1) is 25.1 Å². The Morgan fingerprint density at radius 3 is 3.04 bits per heavy atom. The number of aryl methyl sites for hydroxylation is 1. The first-order chi connectivity index (χ1) is 11.0. The molecule has 1 aliphatic heterocycles. The van der Waals surface area contributed by atoms with Crippen molar-refractivity contribution < 1.29 is 13.9 Å². The molecule has 1 amide bonds. The molecule has 1 spiro atoms. The van der Waals surface area contributed by atoms with E-state index in [0.717, 1.165) is 19.4 Å². The fourth-order valence-electron chi connectivity index (χ4n) is 3.90. The van der Waals surface area contributed by atoms with Gasteiger partial charge in [0.25, 0.3) is 0 Å². The van der Waals surface area contributed by atoms with E-state index in [1.807, 2.05) is 11.8 Å². The molecule has 2 fully saturated rings. The van der Waals surface area contributed by atoms with Crippen LogP contribution in [0.25, 0.3) is 0 Å². The second kappa shape index (κ2) is 6.51. The topological polar surface area (TPSA) is 55.3 Å². The van der Waals surface area contributed by atoms with E-state index in [9.17, 15) is 9.18 Å². The standard InChI is InChI=1S/C17H24FN3O2/c1-3-16(22)21-4-5-23-11-17(10-21)7-13(8-17)6-15-14(18)9-19-12(2)20-15/h9,13H,3-8,10-11H2,1-2H3. The number of aromatic nitrogens is 2. The summed E-state index contributed by atoms with van der Waals surface area (Å²) in [7, 11) is 0. The van der Waals surface area contributed by atoms with Crippen LogP contribution in [-0.4, -0.2) is 47.1 Å². The van der Waals surface area contributed by atoms with E-state index >= 15 is 0 Å². The number of carbonyl (C=O) groups excluding carboxylic acids is 1. The Hall–Kier alpha value is -1.56. The van der Waals surface area contributed by atoms with Crippen LogP contribution in [0.3, 0.4) is 0 Å². The molecule has 3 rings (SSSR count). The van der Waals surface area contributed by atoms with Gasteiger partial charge in [0.2, 0.25) is 5.91 Å². The van der Waals surface area contributed by atoms with Crippen molar-refractivity contribution in [3.63, 3.8) is 0 Å². The summed E-state index contributed by atoms with van der Waals surface area (Å²) >= 11 is 0. The average molecular weight is 321 g/mol. The Bertz CT molecular complexity index is 587. The highest BCUT2D eigenvalue weighted by Gasteiger charge is 2.47. The summed E-state index contributed by atoms with van der Waals surface area (Å²) in [6.07, 6.45) is 4.35. The highest BCUT2D eigenvalue weighted by molar-refractivity contribution is 5.75. The van der Waals surface area contributed by atoms with Crippen LogP contribution in [0.4, 0.5) is 4.39 Å². The van der Waals surface area contributed by atoms with Crippen LogP contribution in [0.1, 0.15) is 37.7 Å². The molecule has 0 bridgehead atoms. The molecule has 1 aliphatic carbocycles. The monoisotopic (exact) mass is 321 g/mol. The van der Waals surface area contributed by atoms with Crippen molar-refractivity contribution in [3.05, 3.63) is 23.5 Å². The summed E-state index contributed by atoms with van der Waals surface area (Å²) in [5.74, 6) is 0.874. The first-order valence-electron chi connectivity index (χ1n) is 8.35. The number of hydrogen-bond acceptors (Lipinski definition) is 4. The fourth-order valence-corrected chi connectivity index (χ4v) is 3.90. The minimum Gasteiger partial charge on any atom is -0.379 e. The predicted molar refractivity (Wildman–Crippen MR) is 83.3 cm³/mol. The van der Waals surface area contributed by atoms with E-state index in [-0.39, 0.29) is 17.1 Å². The molecule has 0 unspecified atom stereocenters. The first kappa shape index (κ1) is 16.3. The van der Waals surface area contributed by atoms with Crippen molar-refractivity contribution in [2.24, 2.45) is 11.3 Å². The molecule has 0 N–H and O–H groups in total. The molecule has 1 aromatic heterocycles. The minimum absolute atomic E-state index is 0.0462. The largest absolute Gasteiger partial charge is 0.379 e. The second-order valence-corrected chi connectivity index (χ2v) is 6.91. The van der Waals surface area contributed by atoms with E-state index in [4.69, 9.17) is 4.74 Å². The van der Waals surface area contributed by atoms with Crippen LogP contribution in [0.5, 0.6) is 0 Å². The number of ether oxygens (including phenoxy) is 1. The molecular formula is C17H24FN3O2. The lowest BCUT2D eigenvalue weighted by Gasteiger charge is -2.48. The molecule has 2 aliphatic rings. The number of amides is 1. The van der Waals surface area contributed by atoms with E-state index in [2.05, 4.69) is 9.97 Å². The molecule has 126 valence electrons. The maximum Gasteiger partial charge on any atom is 0.222 e. The van der Waals surface area contributed by atoms with Crippen LogP contribution in [0.15, 0.2) is 6.20 Å². The van der Waals surface area contributed by atoms with Gasteiger partial charge >= 0.3 is 0 Å². The highest BCUT2D eigenvalue weighted by atomic mass is 19.1. The number of nitrogens with zero attached hydrogens (tertiary/aromatic N) is 3. The summed E-state index contributed by atoms with van der Waals surface area (Å²) in [5.41, 5.74) is 0.554. The van der Waals surface area contributed by atoms with E-state index in [1.54, 1.807) is 6.92 Å². The Morgan fingerprint density at radius 1 is 1.52 bits per heavy atom. The molecule has 6 heteroatoms. The van der Waals surface area contributed by atoms with Crippen LogP contribution >= 0.6 is 0 Å². The Kier molecular flexibility index (Phi) is 4.62. The van der Waals surface area contributed by atoms with Gasteiger partial charge in [-0.3, -0.25) is 4.79 Å². The Morgan fingerprint density at radius 2 is 2.30 bits per heavy atom. The normalized spacial score (nSPS) is 27.6. The van der Waals surface area contributed by atoms with Crippen molar-refractivity contribution >= 4 is 5.91 Å². The summed E-state index contributed by atoms with van der Waals surface area (Å²) in [4.78, 5) is 22.0. The summed E-state index contributed by atoms with van der Waals surface area (Å²) in [5, 5.41) is 0. The quantitative estimate of drug-likeness (QED) is 0.856. The van der Waals surface area contributed by atoms with Crippen molar-refractivity contribution in [1.82, 2.24) is 14.9 Å². The molecule has 1 aromatic rings. The van der Waals surface area contributed by atoms with Gasteiger partial charge < -0.3 is 9.64 Å². The van der Waals surface area contributed by atoms with Crippen LogP contribution < -0.4 is 0 Å². The SMILES string of the molecule is CCC(=O)N1CCOCC2(CC(Cc3nc(C)ncc3F)C2)C1. The fraction of sp³-hybridized carbons (Fsp3) is 0.706. The summed E-state index contributed by atoms with van der Waals surface area (Å²) < 4.78 is 19.5. The van der Waals surface area contributed by atoms with Crippen LogP contribution in [0, 0.1) is 24.1 Å². The molecule has 23 heavy (non-hydrogen) atoms. The second-order valence-electron chi connectivity index (χ2n) is 6.91. The van der Waals surface area contributed by atoms with Gasteiger partial charge in [0, 0.05) is 24.9 Å². The van der Waals surface area contributed by atoms with Crippen molar-refractivity contribution in [2.45, 2.75) is 39.5 Å². The van der Waals surface area contributed by atoms with Gasteiger partial charge in [-0.2, -0.15) is 0 Å². The zero-order valence-electron chi connectivity index (χ0n) is 13.8. The molecule has 1 saturated carbocycles. The van der Waals surface area contributed by atoms with E-state index in [0.29, 0.717) is 50.0 Å². The van der Waals surface area contributed by atoms with Gasteiger partial charge in [-0.1, -0.05) is 6.92 Å². The number of rotatable bonds is 3. The zero-order chi connectivity index (χ0) is 16.4. The molecule has 2 heterocycles. The lowest BCUT2D eigenvalue weighted by atomic mass is 9.61. The third-order valence-electron chi connectivity index (χ3n) is 4.96. The Balaban J connectivity index is 1.62.